The van der Waals surface area contributed by atoms with Crippen molar-refractivity contribution in [1.29, 1.82) is 0 Å². The molecule has 1 N–H and O–H groups in total. The summed E-state index contributed by atoms with van der Waals surface area (Å²) in [7, 11) is -7.28. The first-order valence-corrected chi connectivity index (χ1v) is 14.0. The van der Waals surface area contributed by atoms with Gasteiger partial charge in [0.15, 0.2) is 0 Å². The number of nitrogens with zero attached hydrogens (tertiary/aromatic N) is 2. The second-order valence-electron chi connectivity index (χ2n) is 8.30. The van der Waals surface area contributed by atoms with Gasteiger partial charge in [0, 0.05) is 12.1 Å². The Morgan fingerprint density at radius 2 is 1.56 bits per heavy atom. The Morgan fingerprint density at radius 3 is 2.18 bits per heavy atom. The minimum atomic E-state index is -3.89. The fourth-order valence-electron chi connectivity index (χ4n) is 3.88. The molecular formula is C25H27N3O4S2. The first kappa shape index (κ1) is 24.0. The molecule has 0 fully saturated rings. The molecule has 0 aliphatic carbocycles. The van der Waals surface area contributed by atoms with Gasteiger partial charge in [0.1, 0.15) is 0 Å². The number of hydrogen-bond donors (Lipinski definition) is 1. The number of rotatable bonds is 7. The quantitative estimate of drug-likeness (QED) is 0.516. The summed E-state index contributed by atoms with van der Waals surface area (Å²) in [6.07, 6.45) is 0.399. The maximum atomic E-state index is 13.6. The van der Waals surface area contributed by atoms with Gasteiger partial charge in [-0.1, -0.05) is 54.1 Å². The summed E-state index contributed by atoms with van der Waals surface area (Å²) in [4.78, 5) is 0.186. The number of sulfonamides is 2. The fourth-order valence-corrected chi connectivity index (χ4v) is 5.94. The van der Waals surface area contributed by atoms with Crippen molar-refractivity contribution in [2.75, 3.05) is 10.5 Å². The summed E-state index contributed by atoms with van der Waals surface area (Å²) in [5.41, 5.74) is 4.65. The number of nitrogens with one attached hydrogen (secondary N) is 1. The molecule has 0 amide bonds. The summed E-state index contributed by atoms with van der Waals surface area (Å²) in [6, 6.07) is 20.8. The molecule has 7 nitrogen and oxygen atoms in total. The van der Waals surface area contributed by atoms with Gasteiger partial charge >= 0.3 is 0 Å². The first-order chi connectivity index (χ1) is 16.1. The van der Waals surface area contributed by atoms with Crippen LogP contribution in [0, 0.1) is 13.8 Å². The highest BCUT2D eigenvalue weighted by Crippen LogP contribution is 2.38. The van der Waals surface area contributed by atoms with Crippen LogP contribution in [0.25, 0.3) is 0 Å². The highest BCUT2D eigenvalue weighted by atomic mass is 32.2. The summed E-state index contributed by atoms with van der Waals surface area (Å²) >= 11 is 0. The van der Waals surface area contributed by atoms with Gasteiger partial charge in [0.25, 0.3) is 10.0 Å². The molecule has 9 heteroatoms. The van der Waals surface area contributed by atoms with E-state index < -0.39 is 26.1 Å². The Kier molecular flexibility index (Phi) is 6.51. The molecule has 4 rings (SSSR count). The zero-order valence-electron chi connectivity index (χ0n) is 19.3. The second-order valence-corrected chi connectivity index (χ2v) is 12.1. The molecule has 3 aromatic rings. The van der Waals surface area contributed by atoms with Crippen LogP contribution in [0.2, 0.25) is 0 Å². The highest BCUT2D eigenvalue weighted by Gasteiger charge is 2.38. The molecule has 1 atom stereocenters. The van der Waals surface area contributed by atoms with Crippen LogP contribution in [0.4, 0.5) is 5.69 Å². The van der Waals surface area contributed by atoms with E-state index in [1.165, 1.54) is 4.41 Å². The third-order valence-corrected chi connectivity index (χ3v) is 8.86. The molecular weight excluding hydrogens is 470 g/mol. The van der Waals surface area contributed by atoms with Crippen molar-refractivity contribution >= 4 is 31.4 Å². The Hall–Kier alpha value is -3.17. The van der Waals surface area contributed by atoms with Crippen molar-refractivity contribution in [3.05, 3.63) is 95.1 Å². The van der Waals surface area contributed by atoms with Gasteiger partial charge in [-0.05, 0) is 61.7 Å². The maximum Gasteiger partial charge on any atom is 0.279 e. The number of hydrogen-bond acceptors (Lipinski definition) is 5. The SMILES string of the molecule is CCS(=O)(=O)Nc1ccc(C2=NN(S(=O)(=O)c3ccc(C)cc3)[C@@H](c3ccccc3C)C2)cc1. The molecule has 34 heavy (non-hydrogen) atoms. The Balaban J connectivity index is 1.73. The molecule has 1 aliphatic rings. The lowest BCUT2D eigenvalue weighted by Gasteiger charge is -2.24. The molecule has 0 saturated carbocycles. The molecule has 0 aromatic heterocycles. The molecule has 0 spiro atoms. The van der Waals surface area contributed by atoms with E-state index in [9.17, 15) is 16.8 Å². The molecule has 0 unspecified atom stereocenters. The number of hydrazone groups is 1. The molecule has 0 bridgehead atoms. The van der Waals surface area contributed by atoms with Crippen LogP contribution in [0.5, 0.6) is 0 Å². The summed E-state index contributed by atoms with van der Waals surface area (Å²) in [5.74, 6) is -0.0224. The van der Waals surface area contributed by atoms with E-state index >= 15 is 0 Å². The lowest BCUT2D eigenvalue weighted by Crippen LogP contribution is -2.27. The monoisotopic (exact) mass is 497 g/mol. The van der Waals surface area contributed by atoms with Gasteiger partial charge in [-0.25, -0.2) is 8.42 Å². The zero-order chi connectivity index (χ0) is 24.5. The van der Waals surface area contributed by atoms with Gasteiger partial charge in [0.05, 0.1) is 22.4 Å². The number of benzene rings is 3. The van der Waals surface area contributed by atoms with Gasteiger partial charge in [-0.2, -0.15) is 17.9 Å². The Bertz CT molecular complexity index is 1430. The van der Waals surface area contributed by atoms with E-state index in [1.807, 2.05) is 38.1 Å². The van der Waals surface area contributed by atoms with E-state index in [4.69, 9.17) is 0 Å². The minimum absolute atomic E-state index is 0.0224. The third-order valence-electron chi connectivity index (χ3n) is 5.86. The fraction of sp³-hybridized carbons (Fsp3) is 0.240. The molecule has 178 valence electrons. The molecule has 1 aliphatic heterocycles. The van der Waals surface area contributed by atoms with Crippen LogP contribution in [-0.2, 0) is 20.0 Å². The third kappa shape index (κ3) is 4.85. The molecule has 0 radical (unpaired) electrons. The summed E-state index contributed by atoms with van der Waals surface area (Å²) < 4.78 is 54.6. The topological polar surface area (TPSA) is 95.9 Å². The smallest absolute Gasteiger partial charge is 0.279 e. The number of anilines is 1. The van der Waals surface area contributed by atoms with Crippen molar-refractivity contribution in [3.8, 4) is 0 Å². The normalized spacial score (nSPS) is 16.4. The maximum absolute atomic E-state index is 13.6. The van der Waals surface area contributed by atoms with Crippen LogP contribution in [0.1, 0.15) is 41.6 Å². The lowest BCUT2D eigenvalue weighted by molar-refractivity contribution is 0.370. The predicted octanol–water partition coefficient (Wildman–Crippen LogP) is 4.61. The van der Waals surface area contributed by atoms with E-state index in [1.54, 1.807) is 55.5 Å². The van der Waals surface area contributed by atoms with Crippen LogP contribution < -0.4 is 4.72 Å². The van der Waals surface area contributed by atoms with Gasteiger partial charge < -0.3 is 0 Å². The average Bonchev–Trinajstić information content (AvgIpc) is 3.26. The Labute approximate surface area is 201 Å². The summed E-state index contributed by atoms with van der Waals surface area (Å²) in [6.45, 7) is 5.43. The van der Waals surface area contributed by atoms with Gasteiger partial charge in [0.2, 0.25) is 10.0 Å². The largest absolute Gasteiger partial charge is 0.284 e. The van der Waals surface area contributed by atoms with E-state index in [0.29, 0.717) is 17.8 Å². The highest BCUT2D eigenvalue weighted by molar-refractivity contribution is 7.92. The number of aryl methyl sites for hydroxylation is 2. The van der Waals surface area contributed by atoms with Crippen LogP contribution in [0.15, 0.2) is 82.8 Å². The van der Waals surface area contributed by atoms with Gasteiger partial charge in [-0.3, -0.25) is 4.72 Å². The summed E-state index contributed by atoms with van der Waals surface area (Å²) in [5, 5.41) is 4.57. The second kappa shape index (κ2) is 9.23. The van der Waals surface area contributed by atoms with Crippen molar-refractivity contribution < 1.29 is 16.8 Å². The predicted molar refractivity (Wildman–Crippen MR) is 135 cm³/mol. The average molecular weight is 498 g/mol. The Morgan fingerprint density at radius 1 is 0.912 bits per heavy atom. The van der Waals surface area contributed by atoms with E-state index in [0.717, 1.165) is 22.3 Å². The molecule has 1 heterocycles. The van der Waals surface area contributed by atoms with E-state index in [-0.39, 0.29) is 10.6 Å². The van der Waals surface area contributed by atoms with Crippen molar-refractivity contribution in [2.24, 2.45) is 5.10 Å². The first-order valence-electron chi connectivity index (χ1n) is 11.0. The lowest BCUT2D eigenvalue weighted by atomic mass is 9.96. The van der Waals surface area contributed by atoms with Crippen LogP contribution in [-0.4, -0.2) is 32.7 Å². The van der Waals surface area contributed by atoms with Crippen LogP contribution in [0.3, 0.4) is 0 Å². The van der Waals surface area contributed by atoms with Gasteiger partial charge in [-0.15, -0.1) is 0 Å². The van der Waals surface area contributed by atoms with Crippen molar-refractivity contribution in [2.45, 2.75) is 38.1 Å². The zero-order valence-corrected chi connectivity index (χ0v) is 20.9. The van der Waals surface area contributed by atoms with Crippen molar-refractivity contribution in [3.63, 3.8) is 0 Å². The van der Waals surface area contributed by atoms with E-state index in [2.05, 4.69) is 9.82 Å². The minimum Gasteiger partial charge on any atom is -0.284 e. The molecule has 0 saturated heterocycles. The van der Waals surface area contributed by atoms with Crippen molar-refractivity contribution in [1.82, 2.24) is 4.41 Å². The van der Waals surface area contributed by atoms with Crippen LogP contribution >= 0.6 is 0 Å². The standard InChI is InChI=1S/C25H27N3O4S2/c1-4-33(29,30)27-21-13-11-20(12-14-21)24-17-25(23-8-6-5-7-19(23)3)28(26-24)34(31,32)22-15-9-18(2)10-16-22/h5-16,25,27H,4,17H2,1-3H3/t25-/m1/s1. The molecule has 3 aromatic carbocycles.